The van der Waals surface area contributed by atoms with Crippen molar-refractivity contribution < 1.29 is 28.8 Å². The molecule has 29 heavy (non-hydrogen) atoms. The van der Waals surface area contributed by atoms with Gasteiger partial charge in [-0.15, -0.1) is 0 Å². The first-order chi connectivity index (χ1) is 13.7. The molecule has 0 saturated carbocycles. The van der Waals surface area contributed by atoms with Crippen LogP contribution in [0.1, 0.15) is 41.5 Å². The summed E-state index contributed by atoms with van der Waals surface area (Å²) >= 11 is 0. The summed E-state index contributed by atoms with van der Waals surface area (Å²) in [6, 6.07) is 4.79. The Morgan fingerprint density at radius 3 is 2.28 bits per heavy atom. The quantitative estimate of drug-likeness (QED) is 0.732. The van der Waals surface area contributed by atoms with E-state index in [1.165, 1.54) is 29.5 Å². The zero-order valence-corrected chi connectivity index (χ0v) is 16.0. The Hall–Kier alpha value is -3.76. The summed E-state index contributed by atoms with van der Waals surface area (Å²) in [6.07, 6.45) is 1.71. The minimum atomic E-state index is -1.30. The number of benzene rings is 1. The smallest absolute Gasteiger partial charge is 0.408 e. The zero-order valence-electron chi connectivity index (χ0n) is 16.0. The van der Waals surface area contributed by atoms with Gasteiger partial charge < -0.3 is 14.9 Å². The molecule has 0 spiro atoms. The molecule has 152 valence electrons. The van der Waals surface area contributed by atoms with Crippen LogP contribution >= 0.6 is 0 Å². The second-order valence-corrected chi connectivity index (χ2v) is 7.18. The molecule has 0 bridgehead atoms. The third-order valence-corrected chi connectivity index (χ3v) is 3.75. The molecule has 1 aliphatic rings. The second-order valence-electron chi connectivity index (χ2n) is 7.18. The van der Waals surface area contributed by atoms with E-state index in [9.17, 15) is 19.2 Å². The molecule has 0 aliphatic carbocycles. The molecule has 1 unspecified atom stereocenters. The number of carbonyl (C=O) groups is 4. The van der Waals surface area contributed by atoms with Crippen LogP contribution in [0.25, 0.3) is 0 Å². The predicted octanol–water partition coefficient (Wildman–Crippen LogP) is 0.926. The molecule has 11 heteroatoms. The molecule has 0 radical (unpaired) electrons. The fourth-order valence-corrected chi connectivity index (χ4v) is 2.55. The summed E-state index contributed by atoms with van der Waals surface area (Å²) in [7, 11) is 0. The number of rotatable bonds is 5. The number of amides is 3. The normalized spacial score (nSPS) is 14.4. The standard InChI is InChI=1S/C18H19N5O6/c1-18(2,3)28-17(27)21-13(8-22-10-19-9-20-22)16(26)29-23-14(24)11-6-4-5-7-12(11)15(23)25/h4-7,9-10,13H,8H2,1-3H3,(H,21,27). The van der Waals surface area contributed by atoms with Crippen LogP contribution in [0.2, 0.25) is 0 Å². The number of carbonyl (C=O) groups excluding carboxylic acids is 4. The highest BCUT2D eigenvalue weighted by Crippen LogP contribution is 2.23. The molecule has 3 rings (SSSR count). The molecular weight excluding hydrogens is 382 g/mol. The number of alkyl carbamates (subject to hydrolysis) is 1. The van der Waals surface area contributed by atoms with Crippen molar-refractivity contribution in [3.8, 4) is 0 Å². The first-order valence-electron chi connectivity index (χ1n) is 8.67. The van der Waals surface area contributed by atoms with Crippen LogP contribution in [0.4, 0.5) is 4.79 Å². The van der Waals surface area contributed by atoms with E-state index in [1.807, 2.05) is 0 Å². The van der Waals surface area contributed by atoms with Gasteiger partial charge in [0.15, 0.2) is 6.04 Å². The van der Waals surface area contributed by atoms with Crippen molar-refractivity contribution in [3.05, 3.63) is 48.0 Å². The summed E-state index contributed by atoms with van der Waals surface area (Å²) in [6.45, 7) is 4.84. The Balaban J connectivity index is 1.75. The maximum absolute atomic E-state index is 12.7. The Morgan fingerprint density at radius 1 is 1.14 bits per heavy atom. The third kappa shape index (κ3) is 4.57. The SMILES string of the molecule is CC(C)(C)OC(=O)NC(Cn1cncn1)C(=O)ON1C(=O)c2ccccc2C1=O. The molecule has 1 aromatic heterocycles. The molecule has 1 atom stereocenters. The van der Waals surface area contributed by atoms with Crippen LogP contribution < -0.4 is 5.32 Å². The van der Waals surface area contributed by atoms with Crippen molar-refractivity contribution in [3.63, 3.8) is 0 Å². The fourth-order valence-electron chi connectivity index (χ4n) is 2.55. The molecule has 1 aromatic carbocycles. The molecule has 3 amide bonds. The van der Waals surface area contributed by atoms with Gasteiger partial charge in [0, 0.05) is 0 Å². The number of hydroxylamine groups is 2. The average molecular weight is 401 g/mol. The Labute approximate surface area is 165 Å². The number of hydrogen-bond acceptors (Lipinski definition) is 8. The molecule has 11 nitrogen and oxygen atoms in total. The minimum absolute atomic E-state index is 0.123. The van der Waals surface area contributed by atoms with Gasteiger partial charge in [-0.3, -0.25) is 14.3 Å². The summed E-state index contributed by atoms with van der Waals surface area (Å²) in [5, 5.41) is 6.61. The molecule has 0 fully saturated rings. The van der Waals surface area contributed by atoms with Crippen molar-refractivity contribution >= 4 is 23.9 Å². The van der Waals surface area contributed by atoms with E-state index < -0.39 is 35.5 Å². The van der Waals surface area contributed by atoms with Crippen LogP contribution in [0.3, 0.4) is 0 Å². The van der Waals surface area contributed by atoms with Gasteiger partial charge in [0.1, 0.15) is 18.3 Å². The van der Waals surface area contributed by atoms with Crippen molar-refractivity contribution in [2.75, 3.05) is 0 Å². The lowest BCUT2D eigenvalue weighted by Gasteiger charge is -2.23. The van der Waals surface area contributed by atoms with Crippen LogP contribution in [-0.4, -0.2) is 55.3 Å². The van der Waals surface area contributed by atoms with Crippen molar-refractivity contribution in [1.82, 2.24) is 25.1 Å². The van der Waals surface area contributed by atoms with E-state index in [2.05, 4.69) is 15.4 Å². The van der Waals surface area contributed by atoms with Crippen LogP contribution in [0.5, 0.6) is 0 Å². The van der Waals surface area contributed by atoms with E-state index in [-0.39, 0.29) is 17.7 Å². The Kier molecular flexibility index (Phi) is 5.31. The number of ether oxygens (including phenoxy) is 1. The van der Waals surface area contributed by atoms with Crippen LogP contribution in [-0.2, 0) is 20.9 Å². The van der Waals surface area contributed by atoms with Gasteiger partial charge >= 0.3 is 12.1 Å². The summed E-state index contributed by atoms with van der Waals surface area (Å²) < 4.78 is 6.43. The molecular formula is C18H19N5O6. The maximum atomic E-state index is 12.7. The second kappa shape index (κ2) is 7.70. The number of nitrogens with zero attached hydrogens (tertiary/aromatic N) is 4. The lowest BCUT2D eigenvalue weighted by atomic mass is 10.1. The molecule has 0 saturated heterocycles. The van der Waals surface area contributed by atoms with Crippen LogP contribution in [0, 0.1) is 0 Å². The van der Waals surface area contributed by atoms with E-state index in [4.69, 9.17) is 9.57 Å². The topological polar surface area (TPSA) is 133 Å². The highest BCUT2D eigenvalue weighted by molar-refractivity contribution is 6.20. The number of nitrogens with one attached hydrogen (secondary N) is 1. The lowest BCUT2D eigenvalue weighted by molar-refractivity contribution is -0.171. The lowest BCUT2D eigenvalue weighted by Crippen LogP contribution is -2.49. The largest absolute Gasteiger partial charge is 0.444 e. The highest BCUT2D eigenvalue weighted by Gasteiger charge is 2.40. The Morgan fingerprint density at radius 2 is 1.76 bits per heavy atom. The Bertz CT molecular complexity index is 915. The minimum Gasteiger partial charge on any atom is -0.444 e. The summed E-state index contributed by atoms with van der Waals surface area (Å²) in [5.41, 5.74) is -0.551. The van der Waals surface area contributed by atoms with Gasteiger partial charge in [0.25, 0.3) is 11.8 Å². The van der Waals surface area contributed by atoms with Crippen molar-refractivity contribution in [2.24, 2.45) is 0 Å². The number of hydrogen-bond donors (Lipinski definition) is 1. The summed E-state index contributed by atoms with van der Waals surface area (Å²) in [5.74, 6) is -2.58. The number of imide groups is 1. The van der Waals surface area contributed by atoms with Crippen molar-refractivity contribution in [1.29, 1.82) is 0 Å². The first-order valence-corrected chi connectivity index (χ1v) is 8.67. The number of fused-ring (bicyclic) bond motifs is 1. The summed E-state index contributed by atoms with van der Waals surface area (Å²) in [4.78, 5) is 58.3. The van der Waals surface area contributed by atoms with E-state index in [0.717, 1.165) is 0 Å². The van der Waals surface area contributed by atoms with E-state index in [1.54, 1.807) is 32.9 Å². The zero-order chi connectivity index (χ0) is 21.2. The fraction of sp³-hybridized carbons (Fsp3) is 0.333. The van der Waals surface area contributed by atoms with Gasteiger partial charge in [0.2, 0.25) is 0 Å². The van der Waals surface area contributed by atoms with Crippen molar-refractivity contribution in [2.45, 2.75) is 39.0 Å². The molecule has 2 heterocycles. The van der Waals surface area contributed by atoms with Gasteiger partial charge in [-0.2, -0.15) is 5.10 Å². The predicted molar refractivity (Wildman–Crippen MR) is 96.2 cm³/mol. The highest BCUT2D eigenvalue weighted by atomic mass is 16.7. The van der Waals surface area contributed by atoms with E-state index >= 15 is 0 Å². The molecule has 2 aromatic rings. The maximum Gasteiger partial charge on any atom is 0.408 e. The van der Waals surface area contributed by atoms with Gasteiger partial charge in [-0.1, -0.05) is 17.2 Å². The molecule has 1 aliphatic heterocycles. The van der Waals surface area contributed by atoms with Crippen LogP contribution in [0.15, 0.2) is 36.9 Å². The third-order valence-electron chi connectivity index (χ3n) is 3.75. The average Bonchev–Trinajstić information content (AvgIpc) is 3.23. The van der Waals surface area contributed by atoms with Gasteiger partial charge in [-0.05, 0) is 32.9 Å². The number of aromatic nitrogens is 3. The van der Waals surface area contributed by atoms with E-state index in [0.29, 0.717) is 5.06 Å². The van der Waals surface area contributed by atoms with Gasteiger partial charge in [0.05, 0.1) is 17.7 Å². The monoisotopic (exact) mass is 401 g/mol. The van der Waals surface area contributed by atoms with Gasteiger partial charge in [-0.25, -0.2) is 14.6 Å². The first kappa shape index (κ1) is 20.0. The molecule has 1 N–H and O–H groups in total.